The van der Waals surface area contributed by atoms with E-state index in [1.54, 1.807) is 6.20 Å². The van der Waals surface area contributed by atoms with E-state index >= 15 is 0 Å². The van der Waals surface area contributed by atoms with Crippen molar-refractivity contribution >= 4 is 17.5 Å². The van der Waals surface area contributed by atoms with Gasteiger partial charge in [0.25, 0.3) is 0 Å². The fourth-order valence-electron chi connectivity index (χ4n) is 2.34. The molecule has 25 heavy (non-hydrogen) atoms. The molecule has 3 aromatic rings. The molecule has 3 N–H and O–H groups in total. The van der Waals surface area contributed by atoms with Crippen LogP contribution in [-0.2, 0) is 6.61 Å². The minimum atomic E-state index is -0.0160. The Bertz CT molecular complexity index is 852. The molecule has 0 saturated heterocycles. The summed E-state index contributed by atoms with van der Waals surface area (Å²) in [7, 11) is 0. The fourth-order valence-corrected chi connectivity index (χ4v) is 2.34. The van der Waals surface area contributed by atoms with Crippen LogP contribution in [0.3, 0.4) is 0 Å². The van der Waals surface area contributed by atoms with Crippen molar-refractivity contribution in [1.82, 2.24) is 19.9 Å². The first-order chi connectivity index (χ1) is 12.2. The molecular formula is C18H20N6O. The number of nitrogens with zero attached hydrogens (tertiary/aromatic N) is 4. The highest BCUT2D eigenvalue weighted by atomic mass is 16.3. The van der Waals surface area contributed by atoms with Gasteiger partial charge in [0.2, 0.25) is 5.95 Å². The predicted octanol–water partition coefficient (Wildman–Crippen LogP) is 2.99. The molecule has 0 aliphatic rings. The first-order valence-corrected chi connectivity index (χ1v) is 8.03. The first kappa shape index (κ1) is 16.8. The van der Waals surface area contributed by atoms with Gasteiger partial charge in [-0.05, 0) is 43.7 Å². The lowest BCUT2D eigenvalue weighted by atomic mass is 10.2. The second kappa shape index (κ2) is 7.67. The highest BCUT2D eigenvalue weighted by Gasteiger charge is 2.11. The van der Waals surface area contributed by atoms with Crippen molar-refractivity contribution in [3.63, 3.8) is 0 Å². The number of benzene rings is 1. The summed E-state index contributed by atoms with van der Waals surface area (Å²) in [5.41, 5.74) is 2.43. The Labute approximate surface area is 146 Å². The minimum Gasteiger partial charge on any atom is -0.392 e. The van der Waals surface area contributed by atoms with E-state index in [1.165, 1.54) is 6.33 Å². The molecule has 0 radical (unpaired) electrons. The maximum atomic E-state index is 9.24. The van der Waals surface area contributed by atoms with Crippen LogP contribution < -0.4 is 10.6 Å². The van der Waals surface area contributed by atoms with Crippen LogP contribution in [0.2, 0.25) is 0 Å². The molecule has 0 aliphatic heterocycles. The molecule has 3 rings (SSSR count). The third-order valence-electron chi connectivity index (χ3n) is 3.41. The summed E-state index contributed by atoms with van der Waals surface area (Å²) in [6.07, 6.45) is 3.20. The molecule has 1 aromatic carbocycles. The van der Waals surface area contributed by atoms with Gasteiger partial charge in [-0.25, -0.2) is 15.0 Å². The van der Waals surface area contributed by atoms with Crippen LogP contribution in [0.4, 0.5) is 17.5 Å². The molecule has 0 aliphatic carbocycles. The third kappa shape index (κ3) is 4.27. The van der Waals surface area contributed by atoms with Crippen molar-refractivity contribution in [2.45, 2.75) is 26.5 Å². The Kier molecular flexibility index (Phi) is 5.15. The molecule has 0 unspecified atom stereocenters. The largest absolute Gasteiger partial charge is 0.392 e. The molecule has 128 valence electrons. The summed E-state index contributed by atoms with van der Waals surface area (Å²) >= 11 is 0. The van der Waals surface area contributed by atoms with Gasteiger partial charge in [0.15, 0.2) is 5.82 Å². The summed E-state index contributed by atoms with van der Waals surface area (Å²) in [5, 5.41) is 15.7. The van der Waals surface area contributed by atoms with Gasteiger partial charge < -0.3 is 15.7 Å². The second-order valence-electron chi connectivity index (χ2n) is 5.81. The Morgan fingerprint density at radius 3 is 2.76 bits per heavy atom. The van der Waals surface area contributed by atoms with Crippen LogP contribution >= 0.6 is 0 Å². The number of nitrogens with one attached hydrogen (secondary N) is 2. The van der Waals surface area contributed by atoms with Crippen molar-refractivity contribution < 1.29 is 5.11 Å². The predicted molar refractivity (Wildman–Crippen MR) is 97.5 cm³/mol. The molecule has 0 spiro atoms. The highest BCUT2D eigenvalue weighted by molar-refractivity contribution is 5.70. The maximum absolute atomic E-state index is 9.24. The Hall–Kier alpha value is -3.06. The summed E-state index contributed by atoms with van der Waals surface area (Å²) < 4.78 is 0. The smallest absolute Gasteiger partial charge is 0.230 e. The van der Waals surface area contributed by atoms with Gasteiger partial charge in [-0.1, -0.05) is 12.1 Å². The Balaban J connectivity index is 1.89. The second-order valence-corrected chi connectivity index (χ2v) is 5.81. The molecule has 2 heterocycles. The van der Waals surface area contributed by atoms with Gasteiger partial charge in [0.05, 0.1) is 12.2 Å². The zero-order valence-electron chi connectivity index (χ0n) is 14.1. The first-order valence-electron chi connectivity index (χ1n) is 8.03. The van der Waals surface area contributed by atoms with Crippen LogP contribution in [0.5, 0.6) is 0 Å². The minimum absolute atomic E-state index is 0.0160. The molecule has 7 heteroatoms. The van der Waals surface area contributed by atoms with Crippen LogP contribution in [0.1, 0.15) is 19.4 Å². The van der Waals surface area contributed by atoms with Gasteiger partial charge >= 0.3 is 0 Å². The number of aliphatic hydroxyl groups is 1. The lowest BCUT2D eigenvalue weighted by Gasteiger charge is -2.13. The van der Waals surface area contributed by atoms with Crippen LogP contribution in [-0.4, -0.2) is 31.1 Å². The third-order valence-corrected chi connectivity index (χ3v) is 3.41. The lowest BCUT2D eigenvalue weighted by molar-refractivity contribution is 0.282. The Morgan fingerprint density at radius 2 is 1.96 bits per heavy atom. The summed E-state index contributed by atoms with van der Waals surface area (Å²) in [6, 6.07) is 11.5. The molecule has 7 nitrogen and oxygen atoms in total. The molecule has 0 bridgehead atoms. The van der Waals surface area contributed by atoms with E-state index in [0.29, 0.717) is 11.8 Å². The summed E-state index contributed by atoms with van der Waals surface area (Å²) in [5.74, 6) is 1.70. The van der Waals surface area contributed by atoms with Crippen LogP contribution in [0.25, 0.3) is 11.4 Å². The van der Waals surface area contributed by atoms with Crippen molar-refractivity contribution in [3.05, 3.63) is 54.5 Å². The average molecular weight is 336 g/mol. The summed E-state index contributed by atoms with van der Waals surface area (Å²) in [6.45, 7) is 4.08. The number of anilines is 3. The van der Waals surface area contributed by atoms with Gasteiger partial charge in [-0.15, -0.1) is 0 Å². The maximum Gasteiger partial charge on any atom is 0.230 e. The van der Waals surface area contributed by atoms with Crippen molar-refractivity contribution in [2.75, 3.05) is 10.6 Å². The molecule has 0 amide bonds. The number of aromatic nitrogens is 4. The topological polar surface area (TPSA) is 95.9 Å². The van der Waals surface area contributed by atoms with E-state index < -0.39 is 0 Å². The van der Waals surface area contributed by atoms with Crippen molar-refractivity contribution in [1.29, 1.82) is 0 Å². The molecule has 0 saturated carbocycles. The van der Waals surface area contributed by atoms with Crippen LogP contribution in [0.15, 0.2) is 48.9 Å². The number of hydrogen-bond donors (Lipinski definition) is 3. The Morgan fingerprint density at radius 1 is 1.08 bits per heavy atom. The van der Waals surface area contributed by atoms with E-state index in [0.717, 1.165) is 22.6 Å². The van der Waals surface area contributed by atoms with E-state index in [2.05, 4.69) is 30.6 Å². The average Bonchev–Trinajstić information content (AvgIpc) is 2.62. The zero-order chi connectivity index (χ0) is 17.6. The normalized spacial score (nSPS) is 10.7. The molecule has 0 fully saturated rings. The molecule has 0 atom stereocenters. The van der Waals surface area contributed by atoms with E-state index in [-0.39, 0.29) is 12.6 Å². The SMILES string of the molecule is CC(C)Nc1ncccc1-c1ncnc(Nc2cccc(CO)c2)n1. The highest BCUT2D eigenvalue weighted by Crippen LogP contribution is 2.24. The van der Waals surface area contributed by atoms with Gasteiger partial charge in [-0.3, -0.25) is 0 Å². The van der Waals surface area contributed by atoms with E-state index in [4.69, 9.17) is 0 Å². The van der Waals surface area contributed by atoms with Gasteiger partial charge in [-0.2, -0.15) is 4.98 Å². The van der Waals surface area contributed by atoms with Crippen LogP contribution in [0, 0.1) is 0 Å². The zero-order valence-corrected chi connectivity index (χ0v) is 14.1. The van der Waals surface area contributed by atoms with Gasteiger partial charge in [0, 0.05) is 17.9 Å². The standard InChI is InChI=1S/C18H20N6O/c1-12(2)22-16-15(7-4-8-19-16)17-20-11-21-18(24-17)23-14-6-3-5-13(9-14)10-25/h3-9,11-12,25H,10H2,1-2H3,(H,19,22)(H,20,21,23,24). The number of rotatable bonds is 6. The number of hydrogen-bond acceptors (Lipinski definition) is 7. The van der Waals surface area contributed by atoms with Crippen molar-refractivity contribution in [2.24, 2.45) is 0 Å². The number of aliphatic hydroxyl groups excluding tert-OH is 1. The summed E-state index contributed by atoms with van der Waals surface area (Å²) in [4.78, 5) is 17.3. The van der Waals surface area contributed by atoms with E-state index in [1.807, 2.05) is 50.2 Å². The van der Waals surface area contributed by atoms with Gasteiger partial charge in [0.1, 0.15) is 12.1 Å². The quantitative estimate of drug-likeness (QED) is 0.637. The fraction of sp³-hybridized carbons (Fsp3) is 0.222. The number of pyridine rings is 1. The van der Waals surface area contributed by atoms with E-state index in [9.17, 15) is 5.11 Å². The monoisotopic (exact) mass is 336 g/mol. The molecular weight excluding hydrogens is 316 g/mol. The lowest BCUT2D eigenvalue weighted by Crippen LogP contribution is -2.12. The molecule has 2 aromatic heterocycles. The van der Waals surface area contributed by atoms with Crippen molar-refractivity contribution in [3.8, 4) is 11.4 Å².